The number of esters is 1. The van der Waals surface area contributed by atoms with Gasteiger partial charge in [-0.3, -0.25) is 10.1 Å². The summed E-state index contributed by atoms with van der Waals surface area (Å²) in [5, 5.41) is 7.02. The van der Waals surface area contributed by atoms with Gasteiger partial charge in [-0.25, -0.2) is 4.79 Å². The predicted molar refractivity (Wildman–Crippen MR) is 62.5 cm³/mol. The third-order valence-electron chi connectivity index (χ3n) is 2.52. The Morgan fingerprint density at radius 1 is 1.53 bits per heavy atom. The lowest BCUT2D eigenvalue weighted by Gasteiger charge is -2.02. The molecule has 0 aromatic carbocycles. The van der Waals surface area contributed by atoms with Crippen molar-refractivity contribution in [3.05, 3.63) is 35.8 Å². The van der Waals surface area contributed by atoms with Gasteiger partial charge in [0, 0.05) is 18.0 Å². The fourth-order valence-corrected chi connectivity index (χ4v) is 1.67. The molecule has 0 atom stereocenters. The summed E-state index contributed by atoms with van der Waals surface area (Å²) in [4.78, 5) is 15.8. The Hall–Kier alpha value is -2.17. The summed E-state index contributed by atoms with van der Waals surface area (Å²) in [6.07, 6.45) is 4.04. The van der Waals surface area contributed by atoms with Crippen LogP contribution >= 0.6 is 0 Å². The van der Waals surface area contributed by atoms with Crippen LogP contribution in [0.4, 0.5) is 0 Å². The maximum atomic E-state index is 11.7. The van der Waals surface area contributed by atoms with Crippen LogP contribution in [0, 0.1) is 0 Å². The number of nitrogens with one attached hydrogen (secondary N) is 1. The number of aromatic nitrogens is 3. The third-order valence-corrected chi connectivity index (χ3v) is 2.52. The largest absolute Gasteiger partial charge is 0.465 e. The monoisotopic (exact) mass is 231 g/mol. The van der Waals surface area contributed by atoms with Gasteiger partial charge in [0.1, 0.15) is 11.3 Å². The van der Waals surface area contributed by atoms with Crippen LogP contribution in [0.25, 0.3) is 11.3 Å². The van der Waals surface area contributed by atoms with Crippen LogP contribution < -0.4 is 0 Å². The minimum Gasteiger partial charge on any atom is -0.465 e. The summed E-state index contributed by atoms with van der Waals surface area (Å²) in [5.41, 5.74) is 2.64. The van der Waals surface area contributed by atoms with E-state index in [1.54, 1.807) is 18.5 Å². The van der Waals surface area contributed by atoms with E-state index in [4.69, 9.17) is 4.74 Å². The van der Waals surface area contributed by atoms with E-state index in [2.05, 4.69) is 15.2 Å². The lowest BCUT2D eigenvalue weighted by molar-refractivity contribution is 0.0600. The van der Waals surface area contributed by atoms with Crippen molar-refractivity contribution < 1.29 is 9.53 Å². The molecule has 0 radical (unpaired) electrons. The Morgan fingerprint density at radius 3 is 2.94 bits per heavy atom. The van der Waals surface area contributed by atoms with Crippen LogP contribution in [-0.2, 0) is 11.2 Å². The van der Waals surface area contributed by atoms with Crippen LogP contribution in [0.1, 0.15) is 23.0 Å². The number of methoxy groups -OCH3 is 1. The SMILES string of the molecule is CCc1[nH]nc(-c2cccnc2)c1C(=O)OC. The molecule has 2 aromatic heterocycles. The summed E-state index contributed by atoms with van der Waals surface area (Å²) in [7, 11) is 1.36. The van der Waals surface area contributed by atoms with Gasteiger partial charge < -0.3 is 4.74 Å². The Morgan fingerprint density at radius 2 is 2.35 bits per heavy atom. The number of aryl methyl sites for hydroxylation is 1. The van der Waals surface area contributed by atoms with E-state index < -0.39 is 0 Å². The quantitative estimate of drug-likeness (QED) is 0.818. The molecule has 2 rings (SSSR count). The molecule has 17 heavy (non-hydrogen) atoms. The van der Waals surface area contributed by atoms with Crippen LogP contribution in [0.2, 0.25) is 0 Å². The standard InChI is InChI=1S/C12H13N3O2/c1-3-9-10(12(16)17-2)11(15-14-9)8-5-4-6-13-7-8/h4-7H,3H2,1-2H3,(H,14,15). The number of ether oxygens (including phenoxy) is 1. The smallest absolute Gasteiger partial charge is 0.342 e. The molecule has 5 nitrogen and oxygen atoms in total. The maximum Gasteiger partial charge on any atom is 0.342 e. The highest BCUT2D eigenvalue weighted by Gasteiger charge is 2.21. The van der Waals surface area contributed by atoms with E-state index in [1.807, 2.05) is 13.0 Å². The van der Waals surface area contributed by atoms with Crippen molar-refractivity contribution in [2.24, 2.45) is 0 Å². The van der Waals surface area contributed by atoms with Crippen LogP contribution in [-0.4, -0.2) is 28.3 Å². The van der Waals surface area contributed by atoms with Crippen molar-refractivity contribution >= 4 is 5.97 Å². The van der Waals surface area contributed by atoms with E-state index in [0.29, 0.717) is 17.7 Å². The number of H-pyrrole nitrogens is 1. The number of hydrogen-bond acceptors (Lipinski definition) is 4. The highest BCUT2D eigenvalue weighted by atomic mass is 16.5. The fourth-order valence-electron chi connectivity index (χ4n) is 1.67. The molecular weight excluding hydrogens is 218 g/mol. The predicted octanol–water partition coefficient (Wildman–Crippen LogP) is 1.82. The second-order valence-electron chi connectivity index (χ2n) is 3.51. The first-order valence-corrected chi connectivity index (χ1v) is 5.33. The van der Waals surface area contributed by atoms with Crippen molar-refractivity contribution in [3.8, 4) is 11.3 Å². The number of hydrogen-bond donors (Lipinski definition) is 1. The van der Waals surface area contributed by atoms with Crippen molar-refractivity contribution in [1.29, 1.82) is 0 Å². The first-order valence-electron chi connectivity index (χ1n) is 5.33. The minimum absolute atomic E-state index is 0.380. The zero-order valence-corrected chi connectivity index (χ0v) is 9.73. The molecule has 0 aliphatic rings. The first-order chi connectivity index (χ1) is 8.27. The molecule has 0 amide bonds. The first kappa shape index (κ1) is 11.3. The minimum atomic E-state index is -0.380. The zero-order valence-electron chi connectivity index (χ0n) is 9.73. The van der Waals surface area contributed by atoms with Crippen LogP contribution in [0.15, 0.2) is 24.5 Å². The van der Waals surface area contributed by atoms with Gasteiger partial charge in [-0.2, -0.15) is 5.10 Å². The number of rotatable bonds is 3. The molecule has 2 heterocycles. The lowest BCUT2D eigenvalue weighted by atomic mass is 10.1. The van der Waals surface area contributed by atoms with Crippen molar-refractivity contribution in [2.45, 2.75) is 13.3 Å². The molecule has 0 unspecified atom stereocenters. The molecule has 0 aliphatic carbocycles. The summed E-state index contributed by atoms with van der Waals surface area (Å²) >= 11 is 0. The van der Waals surface area contributed by atoms with Gasteiger partial charge >= 0.3 is 5.97 Å². The second-order valence-corrected chi connectivity index (χ2v) is 3.51. The molecule has 0 spiro atoms. The highest BCUT2D eigenvalue weighted by molar-refractivity contribution is 5.97. The Balaban J connectivity index is 2.55. The molecular formula is C12H13N3O2. The average molecular weight is 231 g/mol. The molecule has 0 saturated heterocycles. The summed E-state index contributed by atoms with van der Waals surface area (Å²) in [5.74, 6) is -0.380. The summed E-state index contributed by atoms with van der Waals surface area (Å²) in [6, 6.07) is 3.66. The molecule has 5 heteroatoms. The fraction of sp³-hybridized carbons (Fsp3) is 0.250. The second kappa shape index (κ2) is 4.78. The van der Waals surface area contributed by atoms with Gasteiger partial charge in [-0.15, -0.1) is 0 Å². The average Bonchev–Trinajstić information content (AvgIpc) is 2.82. The molecule has 1 N–H and O–H groups in total. The maximum absolute atomic E-state index is 11.7. The van der Waals surface area contributed by atoms with Crippen molar-refractivity contribution in [2.75, 3.05) is 7.11 Å². The van der Waals surface area contributed by atoms with Gasteiger partial charge in [-0.1, -0.05) is 6.92 Å². The van der Waals surface area contributed by atoms with E-state index in [0.717, 1.165) is 11.3 Å². The normalized spacial score (nSPS) is 10.2. The Kier molecular flexibility index (Phi) is 3.18. The Bertz CT molecular complexity index is 520. The van der Waals surface area contributed by atoms with Crippen LogP contribution in [0.5, 0.6) is 0 Å². The number of pyridine rings is 1. The molecule has 0 aliphatic heterocycles. The number of nitrogens with zero attached hydrogens (tertiary/aromatic N) is 2. The van der Waals surface area contributed by atoms with Gasteiger partial charge in [0.05, 0.1) is 12.8 Å². The van der Waals surface area contributed by atoms with E-state index in [1.165, 1.54) is 7.11 Å². The molecule has 0 bridgehead atoms. The summed E-state index contributed by atoms with van der Waals surface area (Å²) in [6.45, 7) is 1.95. The summed E-state index contributed by atoms with van der Waals surface area (Å²) < 4.78 is 4.78. The molecule has 0 saturated carbocycles. The van der Waals surface area contributed by atoms with Crippen LogP contribution in [0.3, 0.4) is 0 Å². The van der Waals surface area contributed by atoms with Crippen molar-refractivity contribution in [3.63, 3.8) is 0 Å². The van der Waals surface area contributed by atoms with Gasteiger partial charge in [-0.05, 0) is 18.6 Å². The number of aromatic amines is 1. The van der Waals surface area contributed by atoms with Crippen molar-refractivity contribution in [1.82, 2.24) is 15.2 Å². The molecule has 0 fully saturated rings. The number of carbonyl (C=O) groups excluding carboxylic acids is 1. The highest BCUT2D eigenvalue weighted by Crippen LogP contribution is 2.23. The van der Waals surface area contributed by atoms with E-state index in [9.17, 15) is 4.79 Å². The molecule has 2 aromatic rings. The topological polar surface area (TPSA) is 67.9 Å². The Labute approximate surface area is 98.8 Å². The van der Waals surface area contributed by atoms with E-state index in [-0.39, 0.29) is 5.97 Å². The third kappa shape index (κ3) is 2.04. The number of carbonyl (C=O) groups is 1. The molecule has 88 valence electrons. The van der Waals surface area contributed by atoms with Gasteiger partial charge in [0.25, 0.3) is 0 Å². The van der Waals surface area contributed by atoms with Gasteiger partial charge in [0.2, 0.25) is 0 Å². The zero-order chi connectivity index (χ0) is 12.3. The lowest BCUT2D eigenvalue weighted by Crippen LogP contribution is -2.05. The van der Waals surface area contributed by atoms with Gasteiger partial charge in [0.15, 0.2) is 0 Å². The van der Waals surface area contributed by atoms with E-state index >= 15 is 0 Å².